The van der Waals surface area contributed by atoms with Crippen LogP contribution in [-0.4, -0.2) is 82.9 Å². The van der Waals surface area contributed by atoms with E-state index in [2.05, 4.69) is 62.5 Å². The number of carbonyl (C=O) groups excluding carboxylic acids is 1. The zero-order valence-electron chi connectivity index (χ0n) is 28.1. The molecule has 0 aliphatic carbocycles. The molecule has 1 amide bonds. The largest absolute Gasteiger partial charge is 0.494 e. The van der Waals surface area contributed by atoms with Crippen molar-refractivity contribution >= 4 is 33.8 Å². The van der Waals surface area contributed by atoms with Crippen LogP contribution in [0.1, 0.15) is 52.9 Å². The van der Waals surface area contributed by atoms with Crippen molar-refractivity contribution in [2.75, 3.05) is 51.3 Å². The highest BCUT2D eigenvalue weighted by molar-refractivity contribution is 5.87. The Balaban J connectivity index is 0.976. The molecule has 1 aliphatic heterocycles. The van der Waals surface area contributed by atoms with Gasteiger partial charge in [0, 0.05) is 49.5 Å². The van der Waals surface area contributed by atoms with Gasteiger partial charge in [-0.05, 0) is 101 Å². The van der Waals surface area contributed by atoms with Gasteiger partial charge < -0.3 is 34.6 Å². The maximum atomic E-state index is 11.7. The van der Waals surface area contributed by atoms with Crippen LogP contribution in [-0.2, 0) is 4.74 Å². The van der Waals surface area contributed by atoms with Crippen LogP contribution in [0.3, 0.4) is 0 Å². The second-order valence-corrected chi connectivity index (χ2v) is 13.5. The van der Waals surface area contributed by atoms with Crippen molar-refractivity contribution in [3.05, 3.63) is 60.7 Å². The number of imidazole rings is 2. The Morgan fingerprint density at radius 1 is 0.787 bits per heavy atom. The maximum absolute atomic E-state index is 11.7. The van der Waals surface area contributed by atoms with Gasteiger partial charge in [-0.1, -0.05) is 19.3 Å². The van der Waals surface area contributed by atoms with Crippen LogP contribution in [0, 0.1) is 0 Å². The molecule has 47 heavy (non-hydrogen) atoms. The Kier molecular flexibility index (Phi) is 9.96. The lowest BCUT2D eigenvalue weighted by molar-refractivity contribution is 0.0527. The quantitative estimate of drug-likeness (QED) is 0.122. The first kappa shape index (κ1) is 32.4. The highest BCUT2D eigenvalue weighted by atomic mass is 16.6. The smallest absolute Gasteiger partial charge is 0.407 e. The zero-order valence-corrected chi connectivity index (χ0v) is 28.1. The van der Waals surface area contributed by atoms with E-state index >= 15 is 0 Å². The number of piperazine rings is 1. The van der Waals surface area contributed by atoms with Crippen LogP contribution in [0.15, 0.2) is 60.7 Å². The molecule has 0 bridgehead atoms. The summed E-state index contributed by atoms with van der Waals surface area (Å²) in [5, 5.41) is 2.81. The minimum atomic E-state index is -0.462. The summed E-state index contributed by atoms with van der Waals surface area (Å²) in [6.45, 7) is 11.2. The fraction of sp³-hybridized carbons (Fsp3) is 0.432. The van der Waals surface area contributed by atoms with E-state index < -0.39 is 5.60 Å². The molecule has 0 saturated carbocycles. The average Bonchev–Trinajstić information content (AvgIpc) is 3.67. The number of nitrogens with zero attached hydrogens (tertiary/aromatic N) is 4. The number of rotatable bonds is 12. The number of aromatic amines is 2. The molecule has 3 aromatic carbocycles. The third-order valence-corrected chi connectivity index (χ3v) is 8.48. The average molecular weight is 638 g/mol. The summed E-state index contributed by atoms with van der Waals surface area (Å²) in [7, 11) is 2.18. The number of hydrogen-bond donors (Lipinski definition) is 3. The lowest BCUT2D eigenvalue weighted by Crippen LogP contribution is -2.44. The molecule has 1 fully saturated rings. The van der Waals surface area contributed by atoms with Gasteiger partial charge in [0.2, 0.25) is 0 Å². The molecular formula is C37H47N7O3. The van der Waals surface area contributed by atoms with Gasteiger partial charge in [-0.2, -0.15) is 0 Å². The van der Waals surface area contributed by atoms with E-state index in [1.807, 2.05) is 51.1 Å². The minimum absolute atomic E-state index is 0.347. The monoisotopic (exact) mass is 637 g/mol. The molecule has 2 aromatic heterocycles. The van der Waals surface area contributed by atoms with E-state index in [0.29, 0.717) is 13.2 Å². The first-order chi connectivity index (χ1) is 22.7. The van der Waals surface area contributed by atoms with E-state index in [-0.39, 0.29) is 6.09 Å². The molecular weight excluding hydrogens is 590 g/mol. The lowest BCUT2D eigenvalue weighted by atomic mass is 10.1. The third kappa shape index (κ3) is 8.62. The molecule has 248 valence electrons. The highest BCUT2D eigenvalue weighted by Gasteiger charge is 2.17. The standard InChI is InChI=1S/C37H47N7O3/c1-37(2,3)47-36(45)38-18-8-6-5-7-9-23-46-29-14-10-26(11-15-29)34-39-30-16-12-27(24-32(30)41-34)35-40-31-17-13-28(25-33(31)42-35)44-21-19-43(4)20-22-44/h10-17,24-25H,5-9,18-23H2,1-4H3,(H,38,45)(H,39,41)(H,40,42). The van der Waals surface area contributed by atoms with E-state index in [1.54, 1.807) is 0 Å². The normalized spacial score (nSPS) is 14.2. The molecule has 3 N–H and O–H groups in total. The van der Waals surface area contributed by atoms with Gasteiger partial charge in [0.05, 0.1) is 28.7 Å². The fourth-order valence-electron chi connectivity index (χ4n) is 5.85. The Bertz CT molecular complexity index is 1780. The lowest BCUT2D eigenvalue weighted by Gasteiger charge is -2.34. The van der Waals surface area contributed by atoms with Crippen LogP contribution in [0.5, 0.6) is 5.75 Å². The Morgan fingerprint density at radius 2 is 1.40 bits per heavy atom. The summed E-state index contributed by atoms with van der Waals surface area (Å²) in [4.78, 5) is 33.3. The number of hydrogen-bond acceptors (Lipinski definition) is 7. The first-order valence-electron chi connectivity index (χ1n) is 16.8. The molecule has 6 rings (SSSR count). The predicted molar refractivity (Wildman–Crippen MR) is 189 cm³/mol. The number of unbranched alkanes of at least 4 members (excludes halogenated alkanes) is 4. The van der Waals surface area contributed by atoms with E-state index in [1.165, 1.54) is 5.69 Å². The van der Waals surface area contributed by atoms with Crippen LogP contribution in [0.25, 0.3) is 44.8 Å². The molecule has 0 radical (unpaired) electrons. The molecule has 10 nitrogen and oxygen atoms in total. The van der Waals surface area contributed by atoms with Crippen LogP contribution >= 0.6 is 0 Å². The predicted octanol–water partition coefficient (Wildman–Crippen LogP) is 7.38. The Morgan fingerprint density at radius 3 is 2.13 bits per heavy atom. The molecule has 5 aromatic rings. The van der Waals surface area contributed by atoms with Crippen molar-refractivity contribution in [3.8, 4) is 28.5 Å². The number of aromatic nitrogens is 4. The van der Waals surface area contributed by atoms with Gasteiger partial charge >= 0.3 is 6.09 Å². The van der Waals surface area contributed by atoms with Crippen molar-refractivity contribution in [3.63, 3.8) is 0 Å². The van der Waals surface area contributed by atoms with Gasteiger partial charge in [-0.15, -0.1) is 0 Å². The van der Waals surface area contributed by atoms with Crippen molar-refractivity contribution in [1.82, 2.24) is 30.2 Å². The summed E-state index contributed by atoms with van der Waals surface area (Å²) in [5.74, 6) is 2.53. The summed E-state index contributed by atoms with van der Waals surface area (Å²) in [6, 6.07) is 20.8. The Labute approximate surface area is 276 Å². The van der Waals surface area contributed by atoms with Gasteiger partial charge in [-0.25, -0.2) is 14.8 Å². The fourth-order valence-corrected chi connectivity index (χ4v) is 5.85. The number of H-pyrrole nitrogens is 2. The van der Waals surface area contributed by atoms with E-state index in [0.717, 1.165) is 109 Å². The first-order valence-corrected chi connectivity index (χ1v) is 16.8. The van der Waals surface area contributed by atoms with Crippen molar-refractivity contribution in [2.24, 2.45) is 0 Å². The van der Waals surface area contributed by atoms with Crippen molar-refractivity contribution < 1.29 is 14.3 Å². The number of alkyl carbamates (subject to hydrolysis) is 1. The second kappa shape index (κ2) is 14.5. The third-order valence-electron chi connectivity index (χ3n) is 8.48. The highest BCUT2D eigenvalue weighted by Crippen LogP contribution is 2.29. The summed E-state index contributed by atoms with van der Waals surface area (Å²) in [6.07, 6.45) is 4.87. The van der Waals surface area contributed by atoms with Crippen molar-refractivity contribution in [2.45, 2.75) is 58.5 Å². The molecule has 0 unspecified atom stereocenters. The molecule has 3 heterocycles. The summed E-state index contributed by atoms with van der Waals surface area (Å²) in [5.41, 5.74) is 6.71. The SMILES string of the molecule is CN1CCN(c2ccc3nc(-c4ccc5nc(-c6ccc(OCCCCCCCNC(=O)OC(C)(C)C)cc6)[nH]c5c4)[nH]c3c2)CC1. The number of fused-ring (bicyclic) bond motifs is 2. The number of amides is 1. The second-order valence-electron chi connectivity index (χ2n) is 13.5. The van der Waals surface area contributed by atoms with Crippen molar-refractivity contribution in [1.29, 1.82) is 0 Å². The van der Waals surface area contributed by atoms with Crippen LogP contribution < -0.4 is 15.0 Å². The molecule has 0 atom stereocenters. The van der Waals surface area contributed by atoms with Gasteiger partial charge in [0.25, 0.3) is 0 Å². The van der Waals surface area contributed by atoms with Gasteiger partial charge in [0.15, 0.2) is 0 Å². The summed E-state index contributed by atoms with van der Waals surface area (Å²) < 4.78 is 11.2. The molecule has 1 aliphatic rings. The van der Waals surface area contributed by atoms with Gasteiger partial charge in [-0.3, -0.25) is 0 Å². The minimum Gasteiger partial charge on any atom is -0.494 e. The number of carbonyl (C=O) groups is 1. The number of benzene rings is 3. The maximum Gasteiger partial charge on any atom is 0.407 e. The topological polar surface area (TPSA) is 111 Å². The van der Waals surface area contributed by atoms with Gasteiger partial charge in [0.1, 0.15) is 23.0 Å². The molecule has 10 heteroatoms. The number of nitrogens with one attached hydrogen (secondary N) is 3. The number of ether oxygens (including phenoxy) is 2. The molecule has 0 spiro atoms. The van der Waals surface area contributed by atoms with E-state index in [9.17, 15) is 4.79 Å². The van der Waals surface area contributed by atoms with Crippen LogP contribution in [0.4, 0.5) is 10.5 Å². The number of likely N-dealkylation sites (N-methyl/N-ethyl adjacent to an activating group) is 1. The molecule has 1 saturated heterocycles. The zero-order chi connectivity index (χ0) is 32.8. The van der Waals surface area contributed by atoms with E-state index in [4.69, 9.17) is 19.4 Å². The summed E-state index contributed by atoms with van der Waals surface area (Å²) >= 11 is 0. The van der Waals surface area contributed by atoms with Crippen LogP contribution in [0.2, 0.25) is 0 Å². The Hall–Kier alpha value is -4.57. The number of anilines is 1.